The van der Waals surface area contributed by atoms with E-state index in [1.807, 2.05) is 18.2 Å². The summed E-state index contributed by atoms with van der Waals surface area (Å²) in [5, 5.41) is 0.773. The molecule has 3 nitrogen and oxygen atoms in total. The third-order valence-electron chi connectivity index (χ3n) is 2.04. The number of halogens is 1. The van der Waals surface area contributed by atoms with Crippen LogP contribution in [0.25, 0.3) is 6.08 Å². The van der Waals surface area contributed by atoms with E-state index in [0.29, 0.717) is 11.3 Å². The number of hydrogen-bond acceptors (Lipinski definition) is 3. The van der Waals surface area contributed by atoms with Crippen molar-refractivity contribution in [3.05, 3.63) is 35.4 Å². The molecule has 0 bridgehead atoms. The van der Waals surface area contributed by atoms with Gasteiger partial charge in [0.25, 0.3) is 0 Å². The normalized spacial score (nSPS) is 10.4. The van der Waals surface area contributed by atoms with E-state index in [1.54, 1.807) is 19.2 Å². The van der Waals surface area contributed by atoms with Crippen LogP contribution >= 0.6 is 15.9 Å². The summed E-state index contributed by atoms with van der Waals surface area (Å²) in [5.74, 6) is 0.287. The Morgan fingerprint density at radius 1 is 1.44 bits per heavy atom. The highest BCUT2D eigenvalue weighted by Gasteiger charge is 2.08. The van der Waals surface area contributed by atoms with Gasteiger partial charge >= 0.3 is 5.97 Å². The van der Waals surface area contributed by atoms with E-state index in [0.717, 1.165) is 10.9 Å². The summed E-state index contributed by atoms with van der Waals surface area (Å²) in [6.45, 7) is 0. The van der Waals surface area contributed by atoms with Gasteiger partial charge in [-0.25, -0.2) is 4.79 Å². The number of carbonyl (C=O) groups is 1. The SMILES string of the molecule is COC(=O)c1ccc(C=CCBr)c(OC)c1. The third kappa shape index (κ3) is 3.10. The average Bonchev–Trinajstić information content (AvgIpc) is 2.35. The second-order valence-corrected chi connectivity index (χ2v) is 3.65. The van der Waals surface area contributed by atoms with Crippen LogP contribution in [0.5, 0.6) is 5.75 Å². The summed E-state index contributed by atoms with van der Waals surface area (Å²) in [6, 6.07) is 5.20. The predicted octanol–water partition coefficient (Wildman–Crippen LogP) is 2.89. The molecule has 0 aliphatic heterocycles. The molecule has 0 aliphatic rings. The number of alkyl halides is 1. The van der Waals surface area contributed by atoms with Crippen LogP contribution in [-0.2, 0) is 4.74 Å². The highest BCUT2D eigenvalue weighted by molar-refractivity contribution is 9.09. The number of rotatable bonds is 4. The maximum atomic E-state index is 11.3. The largest absolute Gasteiger partial charge is 0.496 e. The third-order valence-corrected chi connectivity index (χ3v) is 2.41. The van der Waals surface area contributed by atoms with Gasteiger partial charge < -0.3 is 9.47 Å². The highest BCUT2D eigenvalue weighted by Crippen LogP contribution is 2.22. The maximum Gasteiger partial charge on any atom is 0.337 e. The first kappa shape index (κ1) is 12.8. The van der Waals surface area contributed by atoms with Crippen LogP contribution in [0, 0.1) is 0 Å². The number of methoxy groups -OCH3 is 2. The van der Waals surface area contributed by atoms with Gasteiger partial charge in [0.1, 0.15) is 5.75 Å². The molecule has 0 saturated carbocycles. The van der Waals surface area contributed by atoms with Crippen LogP contribution in [-0.4, -0.2) is 25.5 Å². The molecule has 86 valence electrons. The van der Waals surface area contributed by atoms with Gasteiger partial charge in [-0.05, 0) is 12.1 Å². The van der Waals surface area contributed by atoms with Crippen LogP contribution in [0.2, 0.25) is 0 Å². The van der Waals surface area contributed by atoms with E-state index in [9.17, 15) is 4.79 Å². The van der Waals surface area contributed by atoms with Crippen molar-refractivity contribution in [1.29, 1.82) is 0 Å². The van der Waals surface area contributed by atoms with Crippen LogP contribution in [0.4, 0.5) is 0 Å². The van der Waals surface area contributed by atoms with Gasteiger partial charge in [-0.3, -0.25) is 0 Å². The number of hydrogen-bond donors (Lipinski definition) is 0. The van der Waals surface area contributed by atoms with E-state index in [4.69, 9.17) is 4.74 Å². The number of esters is 1. The lowest BCUT2D eigenvalue weighted by Crippen LogP contribution is -2.01. The van der Waals surface area contributed by atoms with E-state index in [-0.39, 0.29) is 5.97 Å². The number of allylic oxidation sites excluding steroid dienone is 1. The van der Waals surface area contributed by atoms with Gasteiger partial charge in [-0.2, -0.15) is 0 Å². The summed E-state index contributed by atoms with van der Waals surface area (Å²) in [6.07, 6.45) is 3.88. The molecule has 0 N–H and O–H groups in total. The smallest absolute Gasteiger partial charge is 0.337 e. The zero-order valence-corrected chi connectivity index (χ0v) is 10.8. The lowest BCUT2D eigenvalue weighted by molar-refractivity contribution is 0.0600. The lowest BCUT2D eigenvalue weighted by Gasteiger charge is -2.06. The first-order chi connectivity index (χ1) is 7.72. The van der Waals surface area contributed by atoms with Gasteiger partial charge in [0.2, 0.25) is 0 Å². The summed E-state index contributed by atoms with van der Waals surface area (Å²) in [4.78, 5) is 11.3. The average molecular weight is 285 g/mol. The minimum Gasteiger partial charge on any atom is -0.496 e. The van der Waals surface area contributed by atoms with E-state index in [1.165, 1.54) is 7.11 Å². The van der Waals surface area contributed by atoms with Crippen LogP contribution in [0.15, 0.2) is 24.3 Å². The Balaban J connectivity index is 3.06. The van der Waals surface area contributed by atoms with Crippen molar-refractivity contribution in [2.24, 2.45) is 0 Å². The predicted molar refractivity (Wildman–Crippen MR) is 67.2 cm³/mol. The van der Waals surface area contributed by atoms with E-state index in [2.05, 4.69) is 20.7 Å². The van der Waals surface area contributed by atoms with Crippen LogP contribution < -0.4 is 4.74 Å². The molecule has 0 atom stereocenters. The molecule has 0 aliphatic carbocycles. The summed E-state index contributed by atoms with van der Waals surface area (Å²) >= 11 is 3.30. The molecule has 4 heteroatoms. The minimum atomic E-state index is -0.366. The molecule has 0 fully saturated rings. The molecule has 0 heterocycles. The maximum absolute atomic E-state index is 11.3. The molecule has 16 heavy (non-hydrogen) atoms. The quantitative estimate of drug-likeness (QED) is 0.630. The van der Waals surface area contributed by atoms with Crippen LogP contribution in [0.1, 0.15) is 15.9 Å². The standard InChI is InChI=1S/C12H13BrO3/c1-15-11-8-10(12(14)16-2)6-5-9(11)4-3-7-13/h3-6,8H,7H2,1-2H3. The molecule has 0 amide bonds. The second-order valence-electron chi connectivity index (χ2n) is 3.00. The van der Waals surface area contributed by atoms with Gasteiger partial charge in [-0.15, -0.1) is 0 Å². The van der Waals surface area contributed by atoms with Crippen molar-refractivity contribution < 1.29 is 14.3 Å². The van der Waals surface area contributed by atoms with Crippen molar-refractivity contribution in [3.8, 4) is 5.75 Å². The zero-order chi connectivity index (χ0) is 12.0. The lowest BCUT2D eigenvalue weighted by atomic mass is 10.1. The van der Waals surface area contributed by atoms with Crippen molar-refractivity contribution in [2.45, 2.75) is 0 Å². The van der Waals surface area contributed by atoms with Gasteiger partial charge in [-0.1, -0.05) is 34.1 Å². The molecular weight excluding hydrogens is 272 g/mol. The monoisotopic (exact) mass is 284 g/mol. The van der Waals surface area contributed by atoms with Gasteiger partial charge in [0.05, 0.1) is 19.8 Å². The molecule has 0 spiro atoms. The van der Waals surface area contributed by atoms with E-state index < -0.39 is 0 Å². The highest BCUT2D eigenvalue weighted by atomic mass is 79.9. The molecule has 0 saturated heterocycles. The molecule has 0 unspecified atom stereocenters. The molecule has 1 aromatic rings. The summed E-state index contributed by atoms with van der Waals surface area (Å²) in [5.41, 5.74) is 1.41. The fraction of sp³-hybridized carbons (Fsp3) is 0.250. The number of ether oxygens (including phenoxy) is 2. The van der Waals surface area contributed by atoms with E-state index >= 15 is 0 Å². The first-order valence-electron chi connectivity index (χ1n) is 4.71. The Bertz CT molecular complexity index is 399. The Hall–Kier alpha value is -1.29. The fourth-order valence-electron chi connectivity index (χ4n) is 1.27. The Kier molecular flexibility index (Phi) is 5.05. The first-order valence-corrected chi connectivity index (χ1v) is 5.84. The second kappa shape index (κ2) is 6.33. The van der Waals surface area contributed by atoms with Crippen molar-refractivity contribution >= 4 is 28.0 Å². The topological polar surface area (TPSA) is 35.5 Å². The molecule has 1 aromatic carbocycles. The fourth-order valence-corrected chi connectivity index (χ4v) is 1.45. The number of carbonyl (C=O) groups excluding carboxylic acids is 1. The summed E-state index contributed by atoms with van der Waals surface area (Å²) < 4.78 is 9.84. The van der Waals surface area contributed by atoms with Crippen molar-refractivity contribution in [1.82, 2.24) is 0 Å². The Morgan fingerprint density at radius 2 is 2.19 bits per heavy atom. The molecule has 0 radical (unpaired) electrons. The Morgan fingerprint density at radius 3 is 2.75 bits per heavy atom. The van der Waals surface area contributed by atoms with Crippen molar-refractivity contribution in [3.63, 3.8) is 0 Å². The molecule has 0 aromatic heterocycles. The Labute approximate surface area is 103 Å². The minimum absolute atomic E-state index is 0.366. The zero-order valence-electron chi connectivity index (χ0n) is 9.20. The number of benzene rings is 1. The molecule has 1 rings (SSSR count). The molecular formula is C12H13BrO3. The van der Waals surface area contributed by atoms with Gasteiger partial charge in [0.15, 0.2) is 0 Å². The van der Waals surface area contributed by atoms with Gasteiger partial charge in [0, 0.05) is 10.9 Å². The summed E-state index contributed by atoms with van der Waals surface area (Å²) in [7, 11) is 2.93. The van der Waals surface area contributed by atoms with Crippen molar-refractivity contribution in [2.75, 3.05) is 19.5 Å². The van der Waals surface area contributed by atoms with Crippen LogP contribution in [0.3, 0.4) is 0 Å².